The Hall–Kier alpha value is -1.29. The molecule has 0 amide bonds. The summed E-state index contributed by atoms with van der Waals surface area (Å²) in [5, 5.41) is 8.95. The number of rotatable bonds is 4. The fraction of sp³-hybridized carbons (Fsp3) is 0.545. The van der Waals surface area contributed by atoms with E-state index >= 15 is 0 Å². The molecule has 1 rings (SSSR count). The number of hydrogen-bond acceptors (Lipinski definition) is 2. The fourth-order valence-electron chi connectivity index (χ4n) is 1.71. The summed E-state index contributed by atoms with van der Waals surface area (Å²) in [5.41, 5.74) is 7.98. The van der Waals surface area contributed by atoms with E-state index in [0.29, 0.717) is 18.2 Å². The Morgan fingerprint density at radius 3 is 2.67 bits per heavy atom. The zero-order valence-corrected chi connectivity index (χ0v) is 9.45. The van der Waals surface area contributed by atoms with Crippen LogP contribution in [0.2, 0.25) is 0 Å². The smallest absolute Gasteiger partial charge is 0.352 e. The molecule has 1 unspecified atom stereocenters. The van der Waals surface area contributed by atoms with Gasteiger partial charge in [0.1, 0.15) is 5.69 Å². The maximum absolute atomic E-state index is 10.9. The first kappa shape index (κ1) is 11.8. The number of hydrogen-bond donors (Lipinski definition) is 2. The molecule has 4 nitrogen and oxygen atoms in total. The van der Waals surface area contributed by atoms with E-state index in [1.54, 1.807) is 17.7 Å². The standard InChI is InChI=1S/C11H18N2O2/c1-7(6-12)4-9-8(2)5-10(11(14)15)13(9)3/h5,7H,4,6,12H2,1-3H3,(H,14,15). The van der Waals surface area contributed by atoms with Gasteiger partial charge in [-0.3, -0.25) is 0 Å². The molecule has 0 aliphatic carbocycles. The van der Waals surface area contributed by atoms with Crippen molar-refractivity contribution < 1.29 is 9.90 Å². The molecule has 1 atom stereocenters. The molecule has 0 saturated carbocycles. The largest absolute Gasteiger partial charge is 0.477 e. The minimum Gasteiger partial charge on any atom is -0.477 e. The first-order chi connectivity index (χ1) is 6.97. The van der Waals surface area contributed by atoms with Crippen LogP contribution in [0.3, 0.4) is 0 Å². The van der Waals surface area contributed by atoms with Crippen LogP contribution in [-0.4, -0.2) is 22.2 Å². The van der Waals surface area contributed by atoms with Crippen molar-refractivity contribution in [2.75, 3.05) is 6.54 Å². The van der Waals surface area contributed by atoms with E-state index < -0.39 is 5.97 Å². The molecule has 15 heavy (non-hydrogen) atoms. The van der Waals surface area contributed by atoms with Gasteiger partial charge in [-0.25, -0.2) is 4.79 Å². The van der Waals surface area contributed by atoms with Crippen molar-refractivity contribution in [2.24, 2.45) is 18.7 Å². The summed E-state index contributed by atoms with van der Waals surface area (Å²) in [6.07, 6.45) is 0.826. The van der Waals surface area contributed by atoms with Gasteiger partial charge in [-0.05, 0) is 37.4 Å². The highest BCUT2D eigenvalue weighted by molar-refractivity contribution is 5.86. The van der Waals surface area contributed by atoms with Gasteiger partial charge in [0.25, 0.3) is 0 Å². The van der Waals surface area contributed by atoms with Gasteiger partial charge in [-0.2, -0.15) is 0 Å². The van der Waals surface area contributed by atoms with Crippen molar-refractivity contribution >= 4 is 5.97 Å². The molecule has 1 heterocycles. The van der Waals surface area contributed by atoms with E-state index in [1.165, 1.54) is 0 Å². The van der Waals surface area contributed by atoms with Gasteiger partial charge in [0.05, 0.1) is 0 Å². The van der Waals surface area contributed by atoms with Crippen LogP contribution < -0.4 is 5.73 Å². The molecular formula is C11H18N2O2. The third-order valence-electron chi connectivity index (χ3n) is 2.74. The van der Waals surface area contributed by atoms with E-state index in [2.05, 4.69) is 6.92 Å². The van der Waals surface area contributed by atoms with E-state index in [9.17, 15) is 4.79 Å². The van der Waals surface area contributed by atoms with Gasteiger partial charge >= 0.3 is 5.97 Å². The lowest BCUT2D eigenvalue weighted by molar-refractivity contribution is 0.0686. The summed E-state index contributed by atoms with van der Waals surface area (Å²) in [6.45, 7) is 4.62. The SMILES string of the molecule is Cc1cc(C(=O)O)n(C)c1CC(C)CN. The second-order valence-corrected chi connectivity index (χ2v) is 4.07. The number of aromatic carboxylic acids is 1. The van der Waals surface area contributed by atoms with E-state index in [1.807, 2.05) is 6.92 Å². The lowest BCUT2D eigenvalue weighted by Crippen LogP contribution is -2.16. The van der Waals surface area contributed by atoms with Crippen LogP contribution >= 0.6 is 0 Å². The molecule has 0 radical (unpaired) electrons. The molecule has 1 aromatic rings. The Morgan fingerprint density at radius 2 is 2.27 bits per heavy atom. The first-order valence-electron chi connectivity index (χ1n) is 5.06. The number of carboxylic acids is 1. The first-order valence-corrected chi connectivity index (χ1v) is 5.06. The highest BCUT2D eigenvalue weighted by Gasteiger charge is 2.15. The topological polar surface area (TPSA) is 68.2 Å². The van der Waals surface area contributed by atoms with E-state index in [-0.39, 0.29) is 0 Å². The van der Waals surface area contributed by atoms with E-state index in [4.69, 9.17) is 10.8 Å². The number of aromatic nitrogens is 1. The molecule has 0 spiro atoms. The second-order valence-electron chi connectivity index (χ2n) is 4.07. The molecule has 0 aromatic carbocycles. The van der Waals surface area contributed by atoms with Crippen LogP contribution in [0.25, 0.3) is 0 Å². The Kier molecular flexibility index (Phi) is 3.52. The number of nitrogens with two attached hydrogens (primary N) is 1. The maximum Gasteiger partial charge on any atom is 0.352 e. The van der Waals surface area contributed by atoms with Crippen molar-refractivity contribution in [1.82, 2.24) is 4.57 Å². The predicted molar refractivity (Wildman–Crippen MR) is 59.0 cm³/mol. The molecule has 0 saturated heterocycles. The monoisotopic (exact) mass is 210 g/mol. The third-order valence-corrected chi connectivity index (χ3v) is 2.74. The van der Waals surface area contributed by atoms with Crippen LogP contribution in [0.4, 0.5) is 0 Å². The van der Waals surface area contributed by atoms with Gasteiger partial charge < -0.3 is 15.4 Å². The quantitative estimate of drug-likeness (QED) is 0.783. The minimum atomic E-state index is -0.882. The van der Waals surface area contributed by atoms with Crippen molar-refractivity contribution in [3.8, 4) is 0 Å². The summed E-state index contributed by atoms with van der Waals surface area (Å²) in [7, 11) is 1.79. The molecule has 0 bridgehead atoms. The van der Waals surface area contributed by atoms with Crippen LogP contribution in [-0.2, 0) is 13.5 Å². The summed E-state index contributed by atoms with van der Waals surface area (Å²) < 4.78 is 1.74. The molecular weight excluding hydrogens is 192 g/mol. The van der Waals surface area contributed by atoms with Gasteiger partial charge in [-0.15, -0.1) is 0 Å². The van der Waals surface area contributed by atoms with Gasteiger partial charge in [0.2, 0.25) is 0 Å². The average molecular weight is 210 g/mol. The Labute approximate surface area is 89.7 Å². The fourth-order valence-corrected chi connectivity index (χ4v) is 1.71. The average Bonchev–Trinajstić information content (AvgIpc) is 2.45. The summed E-state index contributed by atoms with van der Waals surface area (Å²) in [5.74, 6) is -0.508. The van der Waals surface area contributed by atoms with Crippen molar-refractivity contribution in [3.05, 3.63) is 23.0 Å². The Balaban J connectivity index is 3.03. The number of nitrogens with zero attached hydrogens (tertiary/aromatic N) is 1. The molecule has 0 aliphatic heterocycles. The number of carboxylic acid groups (broad SMARTS) is 1. The summed E-state index contributed by atoms with van der Waals surface area (Å²) >= 11 is 0. The highest BCUT2D eigenvalue weighted by atomic mass is 16.4. The van der Waals surface area contributed by atoms with Gasteiger partial charge in [0.15, 0.2) is 0 Å². The highest BCUT2D eigenvalue weighted by Crippen LogP contribution is 2.17. The van der Waals surface area contributed by atoms with Crippen LogP contribution in [0.15, 0.2) is 6.07 Å². The lowest BCUT2D eigenvalue weighted by atomic mass is 10.0. The van der Waals surface area contributed by atoms with E-state index in [0.717, 1.165) is 17.7 Å². The molecule has 3 N–H and O–H groups in total. The van der Waals surface area contributed by atoms with Crippen molar-refractivity contribution in [1.29, 1.82) is 0 Å². The zero-order chi connectivity index (χ0) is 11.6. The Bertz CT molecular complexity index is 369. The predicted octanol–water partition coefficient (Wildman–Crippen LogP) is 1.17. The molecule has 4 heteroatoms. The zero-order valence-electron chi connectivity index (χ0n) is 9.45. The van der Waals surface area contributed by atoms with Crippen molar-refractivity contribution in [2.45, 2.75) is 20.3 Å². The molecule has 1 aromatic heterocycles. The number of aryl methyl sites for hydroxylation is 1. The molecule has 84 valence electrons. The number of carbonyl (C=O) groups is 1. The molecule has 0 fully saturated rings. The van der Waals surface area contributed by atoms with Crippen LogP contribution in [0, 0.1) is 12.8 Å². The lowest BCUT2D eigenvalue weighted by Gasteiger charge is -2.11. The third kappa shape index (κ3) is 2.39. The normalized spacial score (nSPS) is 12.8. The Morgan fingerprint density at radius 1 is 1.67 bits per heavy atom. The second kappa shape index (κ2) is 4.49. The molecule has 0 aliphatic rings. The van der Waals surface area contributed by atoms with Gasteiger partial charge in [-0.1, -0.05) is 6.92 Å². The van der Waals surface area contributed by atoms with Crippen LogP contribution in [0.1, 0.15) is 28.7 Å². The summed E-state index contributed by atoms with van der Waals surface area (Å²) in [6, 6.07) is 1.71. The minimum absolute atomic E-state index is 0.340. The van der Waals surface area contributed by atoms with Gasteiger partial charge in [0, 0.05) is 12.7 Å². The summed E-state index contributed by atoms with van der Waals surface area (Å²) in [4.78, 5) is 10.9. The van der Waals surface area contributed by atoms with Crippen LogP contribution in [0.5, 0.6) is 0 Å². The maximum atomic E-state index is 10.9. The van der Waals surface area contributed by atoms with Crippen molar-refractivity contribution in [3.63, 3.8) is 0 Å².